The van der Waals surface area contributed by atoms with Crippen molar-refractivity contribution in [3.63, 3.8) is 0 Å². The monoisotopic (exact) mass is 213 g/mol. The Bertz CT molecular complexity index is 334. The second kappa shape index (κ2) is 3.77. The number of nitrogens with one attached hydrogen (secondary N) is 1. The van der Waals surface area contributed by atoms with Crippen molar-refractivity contribution in [1.29, 1.82) is 0 Å². The van der Waals surface area contributed by atoms with Gasteiger partial charge in [0.25, 0.3) is 0 Å². The number of halogens is 2. The molecule has 1 aliphatic carbocycles. The van der Waals surface area contributed by atoms with Gasteiger partial charge in [0.2, 0.25) is 0 Å². The van der Waals surface area contributed by atoms with Gasteiger partial charge in [0.15, 0.2) is 0 Å². The number of anilines is 1. The molecular formula is C11H13ClFN. The molecular weight excluding hydrogens is 201 g/mol. The zero-order valence-corrected chi connectivity index (χ0v) is 8.81. The molecule has 14 heavy (non-hydrogen) atoms. The molecule has 1 aromatic rings. The van der Waals surface area contributed by atoms with Crippen molar-refractivity contribution in [1.82, 2.24) is 0 Å². The summed E-state index contributed by atoms with van der Waals surface area (Å²) in [5.41, 5.74) is 0.823. The standard InChI is InChI=1S/C11H13ClFN/c1-7-4-9(5-7)14-8-2-3-10(12)11(13)6-8/h2-3,6-7,9,14H,4-5H2,1H3. The fraction of sp³-hybridized carbons (Fsp3) is 0.455. The van der Waals surface area contributed by atoms with Crippen LogP contribution in [0.3, 0.4) is 0 Å². The van der Waals surface area contributed by atoms with E-state index >= 15 is 0 Å². The van der Waals surface area contributed by atoms with Gasteiger partial charge >= 0.3 is 0 Å². The van der Waals surface area contributed by atoms with E-state index in [1.807, 2.05) is 6.07 Å². The van der Waals surface area contributed by atoms with E-state index < -0.39 is 0 Å². The molecule has 0 bridgehead atoms. The Labute approximate surface area is 88.3 Å². The highest BCUT2D eigenvalue weighted by molar-refractivity contribution is 6.30. The molecule has 0 atom stereocenters. The van der Waals surface area contributed by atoms with Gasteiger partial charge in [-0.2, -0.15) is 0 Å². The first kappa shape index (κ1) is 9.78. The van der Waals surface area contributed by atoms with Crippen LogP contribution in [0.1, 0.15) is 19.8 Å². The molecule has 0 spiro atoms. The average Bonchev–Trinajstić information content (AvgIpc) is 2.09. The lowest BCUT2D eigenvalue weighted by Gasteiger charge is -2.34. The summed E-state index contributed by atoms with van der Waals surface area (Å²) in [6.07, 6.45) is 2.34. The van der Waals surface area contributed by atoms with Crippen LogP contribution < -0.4 is 5.32 Å². The van der Waals surface area contributed by atoms with Crippen molar-refractivity contribution in [2.24, 2.45) is 5.92 Å². The highest BCUT2D eigenvalue weighted by Gasteiger charge is 2.24. The van der Waals surface area contributed by atoms with E-state index in [0.717, 1.165) is 11.6 Å². The van der Waals surface area contributed by atoms with E-state index in [-0.39, 0.29) is 10.8 Å². The Morgan fingerprint density at radius 3 is 2.71 bits per heavy atom. The van der Waals surface area contributed by atoms with E-state index in [0.29, 0.717) is 6.04 Å². The van der Waals surface area contributed by atoms with Crippen LogP contribution in [0.25, 0.3) is 0 Å². The third kappa shape index (κ3) is 2.01. The van der Waals surface area contributed by atoms with E-state index in [1.165, 1.54) is 18.9 Å². The maximum Gasteiger partial charge on any atom is 0.143 e. The summed E-state index contributed by atoms with van der Waals surface area (Å²) in [6.45, 7) is 2.22. The molecule has 2 rings (SSSR count). The minimum absolute atomic E-state index is 0.178. The smallest absolute Gasteiger partial charge is 0.143 e. The molecule has 1 aromatic carbocycles. The number of hydrogen-bond donors (Lipinski definition) is 1. The van der Waals surface area contributed by atoms with Gasteiger partial charge in [-0.25, -0.2) is 4.39 Å². The third-order valence-electron chi connectivity index (χ3n) is 2.66. The lowest BCUT2D eigenvalue weighted by atomic mass is 9.82. The highest BCUT2D eigenvalue weighted by Crippen LogP contribution is 2.30. The predicted octanol–water partition coefficient (Wildman–Crippen LogP) is 3.69. The molecule has 1 saturated carbocycles. The van der Waals surface area contributed by atoms with E-state index in [1.54, 1.807) is 6.07 Å². The molecule has 0 heterocycles. The molecule has 0 saturated heterocycles. The van der Waals surface area contributed by atoms with Crippen molar-refractivity contribution in [2.45, 2.75) is 25.8 Å². The summed E-state index contributed by atoms with van der Waals surface area (Å²) in [5, 5.41) is 3.46. The first-order valence-electron chi connectivity index (χ1n) is 4.87. The van der Waals surface area contributed by atoms with Crippen molar-refractivity contribution < 1.29 is 4.39 Å². The van der Waals surface area contributed by atoms with Crippen LogP contribution in [-0.2, 0) is 0 Å². The third-order valence-corrected chi connectivity index (χ3v) is 2.97. The van der Waals surface area contributed by atoms with Crippen molar-refractivity contribution in [3.8, 4) is 0 Å². The van der Waals surface area contributed by atoms with Crippen LogP contribution in [0.5, 0.6) is 0 Å². The maximum atomic E-state index is 13.1. The molecule has 3 heteroatoms. The van der Waals surface area contributed by atoms with Crippen molar-refractivity contribution in [2.75, 3.05) is 5.32 Å². The van der Waals surface area contributed by atoms with Crippen molar-refractivity contribution >= 4 is 17.3 Å². The molecule has 1 fully saturated rings. The zero-order valence-electron chi connectivity index (χ0n) is 8.06. The topological polar surface area (TPSA) is 12.0 Å². The highest BCUT2D eigenvalue weighted by atomic mass is 35.5. The quantitative estimate of drug-likeness (QED) is 0.790. The summed E-state index contributed by atoms with van der Waals surface area (Å²) in [7, 11) is 0. The summed E-state index contributed by atoms with van der Waals surface area (Å²) in [5.74, 6) is 0.439. The molecule has 0 aliphatic heterocycles. The van der Waals surface area contributed by atoms with E-state index in [2.05, 4.69) is 12.2 Å². The van der Waals surface area contributed by atoms with Gasteiger partial charge < -0.3 is 5.32 Å². The Balaban J connectivity index is 2.00. The van der Waals surface area contributed by atoms with Gasteiger partial charge in [0.05, 0.1) is 5.02 Å². The van der Waals surface area contributed by atoms with Gasteiger partial charge in [-0.05, 0) is 37.0 Å². The molecule has 0 radical (unpaired) electrons. The maximum absolute atomic E-state index is 13.1. The molecule has 1 nitrogen and oxygen atoms in total. The Hall–Kier alpha value is -0.760. The summed E-state index contributed by atoms with van der Waals surface area (Å²) in [4.78, 5) is 0. The van der Waals surface area contributed by atoms with Crippen LogP contribution in [0, 0.1) is 11.7 Å². The molecule has 76 valence electrons. The Morgan fingerprint density at radius 1 is 1.43 bits per heavy atom. The molecule has 1 N–H and O–H groups in total. The number of benzene rings is 1. The summed E-state index contributed by atoms with van der Waals surface area (Å²) < 4.78 is 13.1. The van der Waals surface area contributed by atoms with Gasteiger partial charge in [-0.3, -0.25) is 0 Å². The fourth-order valence-corrected chi connectivity index (χ4v) is 1.96. The zero-order chi connectivity index (χ0) is 10.1. The van der Waals surface area contributed by atoms with E-state index in [4.69, 9.17) is 11.6 Å². The van der Waals surface area contributed by atoms with Crippen LogP contribution in [0.4, 0.5) is 10.1 Å². The largest absolute Gasteiger partial charge is 0.382 e. The summed E-state index contributed by atoms with van der Waals surface area (Å²) in [6, 6.07) is 5.35. The molecule has 0 unspecified atom stereocenters. The van der Waals surface area contributed by atoms with Crippen LogP contribution in [0.2, 0.25) is 5.02 Å². The lowest BCUT2D eigenvalue weighted by molar-refractivity contribution is 0.309. The van der Waals surface area contributed by atoms with Gasteiger partial charge in [0.1, 0.15) is 5.82 Å². The van der Waals surface area contributed by atoms with Gasteiger partial charge in [-0.15, -0.1) is 0 Å². The molecule has 1 aliphatic rings. The predicted molar refractivity (Wildman–Crippen MR) is 57.2 cm³/mol. The van der Waals surface area contributed by atoms with Crippen LogP contribution >= 0.6 is 11.6 Å². The Morgan fingerprint density at radius 2 is 2.14 bits per heavy atom. The fourth-order valence-electron chi connectivity index (χ4n) is 1.84. The molecule has 0 aromatic heterocycles. The van der Waals surface area contributed by atoms with Gasteiger partial charge in [0, 0.05) is 11.7 Å². The van der Waals surface area contributed by atoms with Gasteiger partial charge in [-0.1, -0.05) is 18.5 Å². The Kier molecular flexibility index (Phi) is 2.64. The van der Waals surface area contributed by atoms with Crippen LogP contribution in [0.15, 0.2) is 18.2 Å². The second-order valence-electron chi connectivity index (χ2n) is 4.05. The minimum atomic E-state index is -0.357. The SMILES string of the molecule is CC1CC(Nc2ccc(Cl)c(F)c2)C1. The van der Waals surface area contributed by atoms with Crippen molar-refractivity contribution in [3.05, 3.63) is 29.0 Å². The number of rotatable bonds is 2. The van der Waals surface area contributed by atoms with Crippen LogP contribution in [-0.4, -0.2) is 6.04 Å². The first-order chi connectivity index (χ1) is 6.65. The van der Waals surface area contributed by atoms with E-state index in [9.17, 15) is 4.39 Å². The normalized spacial score (nSPS) is 25.6. The average molecular weight is 214 g/mol. The lowest BCUT2D eigenvalue weighted by Crippen LogP contribution is -2.33. The number of hydrogen-bond acceptors (Lipinski definition) is 1. The molecule has 0 amide bonds. The first-order valence-corrected chi connectivity index (χ1v) is 5.24. The minimum Gasteiger partial charge on any atom is -0.382 e. The summed E-state index contributed by atoms with van der Waals surface area (Å²) >= 11 is 5.59. The second-order valence-corrected chi connectivity index (χ2v) is 4.45.